The van der Waals surface area contributed by atoms with Gasteiger partial charge in [0.25, 0.3) is 5.56 Å². The maximum atomic E-state index is 12.5. The van der Waals surface area contributed by atoms with Gasteiger partial charge in [-0.05, 0) is 36.7 Å². The van der Waals surface area contributed by atoms with E-state index in [0.29, 0.717) is 43.4 Å². The van der Waals surface area contributed by atoms with Crippen LogP contribution in [-0.4, -0.2) is 58.6 Å². The summed E-state index contributed by atoms with van der Waals surface area (Å²) in [7, 11) is 0. The van der Waals surface area contributed by atoms with Crippen molar-refractivity contribution in [2.75, 3.05) is 37.7 Å². The molecule has 0 spiro atoms. The Kier molecular flexibility index (Phi) is 7.87. The maximum absolute atomic E-state index is 12.5. The molecule has 4 heterocycles. The van der Waals surface area contributed by atoms with Crippen LogP contribution in [0, 0.1) is 11.3 Å². The van der Waals surface area contributed by atoms with Gasteiger partial charge in [0.1, 0.15) is 0 Å². The topological polar surface area (TPSA) is 109 Å². The van der Waals surface area contributed by atoms with E-state index < -0.39 is 0 Å². The number of morpholine rings is 1. The summed E-state index contributed by atoms with van der Waals surface area (Å²) in [6, 6.07) is 12.5. The minimum absolute atomic E-state index is 0. The number of halogens is 1. The van der Waals surface area contributed by atoms with Crippen molar-refractivity contribution in [3.8, 4) is 17.3 Å². The first-order chi connectivity index (χ1) is 16.7. The van der Waals surface area contributed by atoms with Gasteiger partial charge < -0.3 is 15.0 Å². The van der Waals surface area contributed by atoms with Crippen molar-refractivity contribution in [2.24, 2.45) is 0 Å². The number of benzene rings is 1. The Labute approximate surface area is 209 Å². The van der Waals surface area contributed by atoms with Crippen LogP contribution in [-0.2, 0) is 11.3 Å². The van der Waals surface area contributed by atoms with Crippen LogP contribution < -0.4 is 15.8 Å². The van der Waals surface area contributed by atoms with Gasteiger partial charge in [-0.25, -0.2) is 14.6 Å². The molecule has 1 N–H and O–H groups in total. The zero-order valence-electron chi connectivity index (χ0n) is 19.1. The Morgan fingerprint density at radius 1 is 1.17 bits per heavy atom. The number of ether oxygens (including phenoxy) is 1. The molecule has 1 aromatic carbocycles. The standard InChI is InChI=1S/C25H25N7O2.ClH/c26-13-18-2-1-3-20(12-18)23-4-5-24(33)32(30-23)17-22-16-31(10-11-34-22)25-28-14-21(15-29-25)19-6-8-27-9-7-19;/h1-6,12,14-15,22,27H,7-11,16-17H2;1H/t22-;/m0./s1. The Balaban J connectivity index is 0.00000289. The first-order valence-electron chi connectivity index (χ1n) is 11.4. The minimum atomic E-state index is -0.227. The summed E-state index contributed by atoms with van der Waals surface area (Å²) in [4.78, 5) is 23.8. The predicted molar refractivity (Wildman–Crippen MR) is 135 cm³/mol. The summed E-state index contributed by atoms with van der Waals surface area (Å²) in [6.07, 6.45) is 6.70. The van der Waals surface area contributed by atoms with E-state index in [2.05, 4.69) is 37.4 Å². The number of anilines is 1. The zero-order valence-corrected chi connectivity index (χ0v) is 19.9. The summed E-state index contributed by atoms with van der Waals surface area (Å²) in [5.74, 6) is 0.661. The molecule has 2 aromatic heterocycles. The smallest absolute Gasteiger partial charge is 0.266 e. The van der Waals surface area contributed by atoms with Gasteiger partial charge in [0.15, 0.2) is 0 Å². The number of nitrogens with zero attached hydrogens (tertiary/aromatic N) is 6. The van der Waals surface area contributed by atoms with Crippen molar-refractivity contribution in [3.63, 3.8) is 0 Å². The molecule has 0 aliphatic carbocycles. The monoisotopic (exact) mass is 491 g/mol. The molecule has 0 amide bonds. The molecule has 9 nitrogen and oxygen atoms in total. The largest absolute Gasteiger partial charge is 0.373 e. The number of hydrogen-bond acceptors (Lipinski definition) is 8. The first-order valence-corrected chi connectivity index (χ1v) is 11.4. The lowest BCUT2D eigenvalue weighted by Gasteiger charge is -2.33. The Hall–Kier alpha value is -3.58. The van der Waals surface area contributed by atoms with Crippen molar-refractivity contribution in [1.82, 2.24) is 25.1 Å². The Morgan fingerprint density at radius 2 is 2.03 bits per heavy atom. The van der Waals surface area contributed by atoms with Gasteiger partial charge in [-0.3, -0.25) is 4.79 Å². The summed E-state index contributed by atoms with van der Waals surface area (Å²) in [6.45, 7) is 3.93. The fourth-order valence-electron chi connectivity index (χ4n) is 4.22. The molecule has 2 aliphatic rings. The number of aromatic nitrogens is 4. The third-order valence-electron chi connectivity index (χ3n) is 6.03. The average molecular weight is 492 g/mol. The van der Waals surface area contributed by atoms with Gasteiger partial charge in [-0.1, -0.05) is 18.2 Å². The van der Waals surface area contributed by atoms with Crippen LogP contribution in [0.1, 0.15) is 17.5 Å². The second kappa shape index (κ2) is 11.2. The lowest BCUT2D eigenvalue weighted by Crippen LogP contribution is -2.46. The van der Waals surface area contributed by atoms with Crippen molar-refractivity contribution in [3.05, 3.63) is 76.3 Å². The van der Waals surface area contributed by atoms with Gasteiger partial charge >= 0.3 is 0 Å². The van der Waals surface area contributed by atoms with Gasteiger partial charge in [0, 0.05) is 49.2 Å². The molecule has 180 valence electrons. The number of rotatable bonds is 5. The third-order valence-corrected chi connectivity index (χ3v) is 6.03. The van der Waals surface area contributed by atoms with E-state index in [4.69, 9.17) is 10.00 Å². The van der Waals surface area contributed by atoms with Crippen LogP contribution in [0.3, 0.4) is 0 Å². The SMILES string of the molecule is Cl.N#Cc1cccc(-c2ccc(=O)n(C[C@@H]3CN(c4ncc(C5=CCNCC5)cn4)CCO3)n2)c1. The van der Waals surface area contributed by atoms with Crippen LogP contribution in [0.4, 0.5) is 5.95 Å². The van der Waals surface area contributed by atoms with Crippen molar-refractivity contribution in [1.29, 1.82) is 5.26 Å². The molecule has 0 unspecified atom stereocenters. The lowest BCUT2D eigenvalue weighted by molar-refractivity contribution is 0.0260. The summed E-state index contributed by atoms with van der Waals surface area (Å²) in [5, 5.41) is 17.0. The molecule has 1 atom stereocenters. The molecule has 0 radical (unpaired) electrons. The normalized spacial score (nSPS) is 17.7. The van der Waals surface area contributed by atoms with E-state index in [1.54, 1.807) is 24.3 Å². The van der Waals surface area contributed by atoms with E-state index >= 15 is 0 Å². The Morgan fingerprint density at radius 3 is 2.80 bits per heavy atom. The highest BCUT2D eigenvalue weighted by molar-refractivity contribution is 5.85. The lowest BCUT2D eigenvalue weighted by atomic mass is 10.0. The molecule has 3 aromatic rings. The van der Waals surface area contributed by atoms with Crippen LogP contribution in [0.25, 0.3) is 16.8 Å². The van der Waals surface area contributed by atoms with Crippen LogP contribution in [0.15, 0.2) is 59.7 Å². The molecule has 10 heteroatoms. The quantitative estimate of drug-likeness (QED) is 0.579. The highest BCUT2D eigenvalue weighted by atomic mass is 35.5. The highest BCUT2D eigenvalue weighted by Gasteiger charge is 2.24. The predicted octanol–water partition coefficient (Wildman–Crippen LogP) is 2.28. The molecule has 1 fully saturated rings. The molecule has 1 saturated heterocycles. The molecule has 35 heavy (non-hydrogen) atoms. The third kappa shape index (κ3) is 5.74. The molecule has 0 saturated carbocycles. The fraction of sp³-hybridized carbons (Fsp3) is 0.320. The van der Waals surface area contributed by atoms with Gasteiger partial charge in [0.05, 0.1) is 36.6 Å². The van der Waals surface area contributed by atoms with E-state index in [0.717, 1.165) is 30.6 Å². The van der Waals surface area contributed by atoms with Crippen molar-refractivity contribution in [2.45, 2.75) is 19.1 Å². The highest BCUT2D eigenvalue weighted by Crippen LogP contribution is 2.21. The second-order valence-corrected chi connectivity index (χ2v) is 8.33. The number of nitrogens with one attached hydrogen (secondary N) is 1. The van der Waals surface area contributed by atoms with Crippen molar-refractivity contribution < 1.29 is 4.74 Å². The Bertz CT molecular complexity index is 1300. The average Bonchev–Trinajstić information content (AvgIpc) is 2.91. The molecule has 0 bridgehead atoms. The van der Waals surface area contributed by atoms with E-state index in [9.17, 15) is 4.79 Å². The summed E-state index contributed by atoms with van der Waals surface area (Å²) >= 11 is 0. The fourth-order valence-corrected chi connectivity index (χ4v) is 4.22. The van der Waals surface area contributed by atoms with Gasteiger partial charge in [0.2, 0.25) is 5.95 Å². The summed E-state index contributed by atoms with van der Waals surface area (Å²) in [5.41, 5.74) is 4.10. The summed E-state index contributed by atoms with van der Waals surface area (Å²) < 4.78 is 7.36. The second-order valence-electron chi connectivity index (χ2n) is 8.33. The van der Waals surface area contributed by atoms with E-state index in [1.807, 2.05) is 18.5 Å². The van der Waals surface area contributed by atoms with Crippen LogP contribution in [0.2, 0.25) is 0 Å². The van der Waals surface area contributed by atoms with Gasteiger partial charge in [-0.15, -0.1) is 12.4 Å². The number of nitriles is 1. The number of hydrogen-bond donors (Lipinski definition) is 1. The zero-order chi connectivity index (χ0) is 23.3. The van der Waals surface area contributed by atoms with E-state index in [-0.39, 0.29) is 24.1 Å². The minimum Gasteiger partial charge on any atom is -0.373 e. The van der Waals surface area contributed by atoms with E-state index in [1.165, 1.54) is 16.3 Å². The van der Waals surface area contributed by atoms with Crippen molar-refractivity contribution >= 4 is 23.9 Å². The molecular formula is C25H26ClN7O2. The molecule has 5 rings (SSSR count). The molecule has 2 aliphatic heterocycles. The van der Waals surface area contributed by atoms with Crippen LogP contribution in [0.5, 0.6) is 0 Å². The molecular weight excluding hydrogens is 466 g/mol. The van der Waals surface area contributed by atoms with Gasteiger partial charge in [-0.2, -0.15) is 10.4 Å². The van der Waals surface area contributed by atoms with Crippen LogP contribution >= 0.6 is 12.4 Å². The first kappa shape index (κ1) is 24.5. The maximum Gasteiger partial charge on any atom is 0.266 e.